The van der Waals surface area contributed by atoms with Gasteiger partial charge in [-0.2, -0.15) is 5.10 Å². The van der Waals surface area contributed by atoms with Gasteiger partial charge in [0.2, 0.25) is 0 Å². The number of carbonyl (C=O) groups excluding carboxylic acids is 1. The monoisotopic (exact) mass is 679 g/mol. The molecule has 0 unspecified atom stereocenters. The van der Waals surface area contributed by atoms with Crippen molar-refractivity contribution in [3.63, 3.8) is 0 Å². The fourth-order valence-corrected chi connectivity index (χ4v) is 4.97. The normalized spacial score (nSPS) is 10.8. The Morgan fingerprint density at radius 3 is 2.39 bits per heavy atom. The standard InChI is InChI=1S/C22H17Cl2I2N3O2/c23-16-5-7-17(8-6-16)27-12-21(30)29-28-11-14-9-19(25)22(20(26)10-14)31-13-15-3-1-2-4-18(15)24/h1-11,27H,12-13H2,(H,29,30)/b28-11-. The number of carbonyl (C=O) groups is 1. The van der Waals surface area contributed by atoms with Crippen LogP contribution in [0, 0.1) is 7.14 Å². The number of hydrogen-bond acceptors (Lipinski definition) is 4. The van der Waals surface area contributed by atoms with Crippen LogP contribution in [0.3, 0.4) is 0 Å². The molecule has 160 valence electrons. The fourth-order valence-electron chi connectivity index (χ4n) is 2.53. The maximum Gasteiger partial charge on any atom is 0.259 e. The van der Waals surface area contributed by atoms with E-state index < -0.39 is 0 Å². The fraction of sp³-hybridized carbons (Fsp3) is 0.0909. The summed E-state index contributed by atoms with van der Waals surface area (Å²) in [5.41, 5.74) is 5.09. The lowest BCUT2D eigenvalue weighted by atomic mass is 10.2. The number of ether oxygens (including phenoxy) is 1. The summed E-state index contributed by atoms with van der Waals surface area (Å²) < 4.78 is 7.86. The summed E-state index contributed by atoms with van der Waals surface area (Å²) in [6.45, 7) is 0.485. The molecular formula is C22H17Cl2I2N3O2. The molecule has 0 spiro atoms. The molecule has 0 heterocycles. The van der Waals surface area contributed by atoms with Gasteiger partial charge in [0.1, 0.15) is 12.4 Å². The third-order valence-electron chi connectivity index (χ3n) is 4.05. The van der Waals surface area contributed by atoms with Crippen LogP contribution in [0.4, 0.5) is 5.69 Å². The highest BCUT2D eigenvalue weighted by Crippen LogP contribution is 2.30. The van der Waals surface area contributed by atoms with Crippen molar-refractivity contribution in [3.8, 4) is 5.75 Å². The van der Waals surface area contributed by atoms with E-state index in [9.17, 15) is 4.79 Å². The minimum Gasteiger partial charge on any atom is -0.487 e. The first-order valence-electron chi connectivity index (χ1n) is 9.09. The summed E-state index contributed by atoms with van der Waals surface area (Å²) in [6, 6.07) is 18.6. The summed E-state index contributed by atoms with van der Waals surface area (Å²) in [6.07, 6.45) is 1.60. The Hall–Kier alpha value is -1.56. The Labute approximate surface area is 217 Å². The first-order chi connectivity index (χ1) is 14.9. The Morgan fingerprint density at radius 1 is 1.03 bits per heavy atom. The third kappa shape index (κ3) is 7.51. The molecule has 0 aromatic heterocycles. The first-order valence-corrected chi connectivity index (χ1v) is 12.0. The van der Waals surface area contributed by atoms with Gasteiger partial charge in [-0.25, -0.2) is 5.43 Å². The zero-order chi connectivity index (χ0) is 22.2. The molecule has 0 aliphatic rings. The average Bonchev–Trinajstić information content (AvgIpc) is 2.74. The Morgan fingerprint density at radius 2 is 1.71 bits per heavy atom. The Kier molecular flexibility index (Phi) is 9.24. The Balaban J connectivity index is 1.54. The molecule has 0 fully saturated rings. The van der Waals surface area contributed by atoms with Crippen LogP contribution < -0.4 is 15.5 Å². The molecule has 3 rings (SSSR count). The van der Waals surface area contributed by atoms with Gasteiger partial charge < -0.3 is 10.1 Å². The van der Waals surface area contributed by atoms with Gasteiger partial charge in [0.15, 0.2) is 0 Å². The van der Waals surface area contributed by atoms with E-state index in [0.717, 1.165) is 29.7 Å². The quantitative estimate of drug-likeness (QED) is 0.166. The maximum absolute atomic E-state index is 12.0. The molecule has 0 aliphatic heterocycles. The predicted molar refractivity (Wildman–Crippen MR) is 143 cm³/mol. The topological polar surface area (TPSA) is 62.7 Å². The highest BCUT2D eigenvalue weighted by molar-refractivity contribution is 14.1. The highest BCUT2D eigenvalue weighted by Gasteiger charge is 2.10. The second kappa shape index (κ2) is 11.9. The van der Waals surface area contributed by atoms with Crippen LogP contribution in [0.25, 0.3) is 0 Å². The van der Waals surface area contributed by atoms with Gasteiger partial charge in [0.05, 0.1) is 19.9 Å². The molecule has 0 saturated carbocycles. The van der Waals surface area contributed by atoms with Gasteiger partial charge in [-0.15, -0.1) is 0 Å². The molecule has 1 amide bonds. The summed E-state index contributed by atoms with van der Waals surface area (Å²) in [5, 5.41) is 8.36. The van der Waals surface area contributed by atoms with Crippen LogP contribution in [-0.2, 0) is 11.4 Å². The van der Waals surface area contributed by atoms with Crippen molar-refractivity contribution in [3.05, 3.63) is 89.0 Å². The van der Waals surface area contributed by atoms with Gasteiger partial charge in [0.25, 0.3) is 5.91 Å². The number of hydrogen-bond donors (Lipinski definition) is 2. The van der Waals surface area contributed by atoms with E-state index in [1.807, 2.05) is 36.4 Å². The zero-order valence-corrected chi connectivity index (χ0v) is 21.9. The van der Waals surface area contributed by atoms with E-state index >= 15 is 0 Å². The summed E-state index contributed by atoms with van der Waals surface area (Å²) in [4.78, 5) is 12.0. The predicted octanol–water partition coefficient (Wildman–Crippen LogP) is 6.34. The summed E-state index contributed by atoms with van der Waals surface area (Å²) >= 11 is 16.5. The van der Waals surface area contributed by atoms with Gasteiger partial charge >= 0.3 is 0 Å². The summed E-state index contributed by atoms with van der Waals surface area (Å²) in [7, 11) is 0. The van der Waals surface area contributed by atoms with Crippen LogP contribution in [0.1, 0.15) is 11.1 Å². The van der Waals surface area contributed by atoms with Crippen molar-refractivity contribution < 1.29 is 9.53 Å². The molecule has 3 aromatic carbocycles. The van der Waals surface area contributed by atoms with Crippen LogP contribution in [0.15, 0.2) is 65.8 Å². The van der Waals surface area contributed by atoms with E-state index in [4.69, 9.17) is 27.9 Å². The van der Waals surface area contributed by atoms with Gasteiger partial charge in [-0.1, -0.05) is 41.4 Å². The van der Waals surface area contributed by atoms with Crippen molar-refractivity contribution in [1.82, 2.24) is 5.43 Å². The van der Waals surface area contributed by atoms with E-state index in [0.29, 0.717) is 16.7 Å². The second-order valence-electron chi connectivity index (χ2n) is 6.35. The molecule has 0 atom stereocenters. The second-order valence-corrected chi connectivity index (χ2v) is 9.52. The molecular weight excluding hydrogens is 663 g/mol. The van der Waals surface area contributed by atoms with Crippen LogP contribution >= 0.6 is 68.4 Å². The molecule has 0 aliphatic carbocycles. The number of halogens is 4. The first kappa shape index (κ1) is 24.1. The number of anilines is 1. The number of rotatable bonds is 8. The van der Waals surface area contributed by atoms with Gasteiger partial charge in [0, 0.05) is 21.3 Å². The van der Waals surface area contributed by atoms with Crippen molar-refractivity contribution in [1.29, 1.82) is 0 Å². The minimum atomic E-state index is -0.254. The number of benzene rings is 3. The molecule has 9 heteroatoms. The van der Waals surface area contributed by atoms with Crippen molar-refractivity contribution in [2.24, 2.45) is 5.10 Å². The van der Waals surface area contributed by atoms with Crippen molar-refractivity contribution >= 4 is 86.2 Å². The highest BCUT2D eigenvalue weighted by atomic mass is 127. The van der Waals surface area contributed by atoms with Crippen LogP contribution in [0.5, 0.6) is 5.75 Å². The van der Waals surface area contributed by atoms with Crippen molar-refractivity contribution in [2.75, 3.05) is 11.9 Å². The molecule has 0 saturated heterocycles. The number of amides is 1. The SMILES string of the molecule is O=C(CNc1ccc(Cl)cc1)N/N=C\c1cc(I)c(OCc2ccccc2Cl)c(I)c1. The molecule has 3 aromatic rings. The van der Waals surface area contributed by atoms with Crippen LogP contribution in [-0.4, -0.2) is 18.7 Å². The molecule has 5 nitrogen and oxygen atoms in total. The lowest BCUT2D eigenvalue weighted by Crippen LogP contribution is -2.25. The average molecular weight is 680 g/mol. The molecule has 0 bridgehead atoms. The number of nitrogens with one attached hydrogen (secondary N) is 2. The molecule has 0 radical (unpaired) electrons. The maximum atomic E-state index is 12.0. The largest absolute Gasteiger partial charge is 0.487 e. The van der Waals surface area contributed by atoms with E-state index in [1.54, 1.807) is 30.5 Å². The Bertz CT molecular complexity index is 1070. The summed E-state index contributed by atoms with van der Waals surface area (Å²) in [5.74, 6) is 0.532. The lowest BCUT2D eigenvalue weighted by molar-refractivity contribution is -0.119. The van der Waals surface area contributed by atoms with Crippen LogP contribution in [0.2, 0.25) is 10.0 Å². The number of nitrogens with zero attached hydrogens (tertiary/aromatic N) is 1. The lowest BCUT2D eigenvalue weighted by Gasteiger charge is -2.12. The third-order valence-corrected chi connectivity index (χ3v) is 6.27. The molecule has 31 heavy (non-hydrogen) atoms. The van der Waals surface area contributed by atoms with E-state index in [1.165, 1.54) is 0 Å². The van der Waals surface area contributed by atoms with E-state index in [-0.39, 0.29) is 12.5 Å². The number of hydrazone groups is 1. The van der Waals surface area contributed by atoms with E-state index in [2.05, 4.69) is 61.0 Å². The van der Waals surface area contributed by atoms with Gasteiger partial charge in [-0.3, -0.25) is 4.79 Å². The minimum absolute atomic E-state index is 0.100. The smallest absolute Gasteiger partial charge is 0.259 e. The zero-order valence-electron chi connectivity index (χ0n) is 16.0. The van der Waals surface area contributed by atoms with Gasteiger partial charge in [-0.05, 0) is 93.2 Å². The molecule has 2 N–H and O–H groups in total. The van der Waals surface area contributed by atoms with Crippen molar-refractivity contribution in [2.45, 2.75) is 6.61 Å².